The number of nitrogens with zero attached hydrogens (tertiary/aromatic N) is 4. The molecule has 5 rings (SSSR count). The molecule has 9 heteroatoms. The van der Waals surface area contributed by atoms with Gasteiger partial charge in [-0.2, -0.15) is 5.10 Å². The summed E-state index contributed by atoms with van der Waals surface area (Å²) in [7, 11) is 1.86. The number of hydrogen-bond donors (Lipinski definition) is 3. The second-order valence-corrected chi connectivity index (χ2v) is 10.2. The van der Waals surface area contributed by atoms with Crippen LogP contribution in [0.15, 0.2) is 73.2 Å². The summed E-state index contributed by atoms with van der Waals surface area (Å²) in [6, 6.07) is 17.7. The van der Waals surface area contributed by atoms with Crippen molar-refractivity contribution >= 4 is 17.8 Å². The van der Waals surface area contributed by atoms with E-state index in [1.807, 2.05) is 72.5 Å². The molecule has 0 unspecified atom stereocenters. The van der Waals surface area contributed by atoms with E-state index in [9.17, 15) is 9.59 Å². The van der Waals surface area contributed by atoms with Gasteiger partial charge in [-0.25, -0.2) is 4.98 Å². The van der Waals surface area contributed by atoms with E-state index < -0.39 is 0 Å². The van der Waals surface area contributed by atoms with E-state index in [0.29, 0.717) is 30.8 Å². The van der Waals surface area contributed by atoms with Crippen LogP contribution in [0.3, 0.4) is 0 Å². The molecule has 1 aliphatic carbocycles. The van der Waals surface area contributed by atoms with E-state index in [-0.39, 0.29) is 23.9 Å². The van der Waals surface area contributed by atoms with Gasteiger partial charge in [0.2, 0.25) is 11.9 Å². The Morgan fingerprint density at radius 2 is 1.79 bits per heavy atom. The number of nitrogens with one attached hydrogen (secondary N) is 2. The molecular formula is C30H35N7O2. The van der Waals surface area contributed by atoms with E-state index in [1.54, 1.807) is 16.9 Å². The molecule has 0 spiro atoms. The minimum absolute atomic E-state index is 0.0694. The first-order valence-corrected chi connectivity index (χ1v) is 13.5. The molecule has 0 atom stereocenters. The highest BCUT2D eigenvalue weighted by Gasteiger charge is 2.20. The fourth-order valence-electron chi connectivity index (χ4n) is 5.00. The molecule has 4 N–H and O–H groups in total. The second-order valence-electron chi connectivity index (χ2n) is 10.2. The molecular weight excluding hydrogens is 490 g/mol. The standard InChI is InChI=1S/C30H35N7O2/c1-36-19-23(18-32-36)21-7-5-8-22(17-21)29(39)35-30-34-26(20-37(30)27-10-3-2-4-11-27)9-6-12-28(38)33-25-15-13-24(31)14-16-25/h2-5,7-8,10-11,17-20,24-25H,6,9,12-16,31H2,1H3,(H,33,38)(H,34,35,39). The summed E-state index contributed by atoms with van der Waals surface area (Å²) in [4.78, 5) is 30.5. The highest BCUT2D eigenvalue weighted by molar-refractivity contribution is 6.04. The Bertz CT molecular complexity index is 1420. The summed E-state index contributed by atoms with van der Waals surface area (Å²) < 4.78 is 3.61. The normalized spacial score (nSPS) is 17.1. The average molecular weight is 526 g/mol. The van der Waals surface area contributed by atoms with Crippen LogP contribution in [0.5, 0.6) is 0 Å². The molecule has 9 nitrogen and oxygen atoms in total. The SMILES string of the molecule is Cn1cc(-c2cccc(C(=O)Nc3nc(CCCC(=O)NC4CCC(N)CC4)cn3-c3ccccc3)c2)cn1. The monoisotopic (exact) mass is 525 g/mol. The number of anilines is 1. The van der Waals surface area contributed by atoms with Crippen LogP contribution in [0.2, 0.25) is 0 Å². The molecule has 202 valence electrons. The number of carbonyl (C=O) groups excluding carboxylic acids is 2. The van der Waals surface area contributed by atoms with Crippen LogP contribution in [0.4, 0.5) is 5.95 Å². The number of amides is 2. The molecule has 2 amide bonds. The van der Waals surface area contributed by atoms with Crippen LogP contribution in [-0.4, -0.2) is 43.2 Å². The van der Waals surface area contributed by atoms with Gasteiger partial charge in [0, 0.05) is 54.8 Å². The molecule has 2 aromatic heterocycles. The van der Waals surface area contributed by atoms with Crippen LogP contribution in [0.25, 0.3) is 16.8 Å². The Morgan fingerprint density at radius 1 is 1.00 bits per heavy atom. The lowest BCUT2D eigenvalue weighted by atomic mass is 9.92. The summed E-state index contributed by atoms with van der Waals surface area (Å²) in [5.74, 6) is 0.262. The number of benzene rings is 2. The number of rotatable bonds is 9. The maximum Gasteiger partial charge on any atom is 0.258 e. The van der Waals surface area contributed by atoms with E-state index >= 15 is 0 Å². The van der Waals surface area contributed by atoms with E-state index in [1.165, 1.54) is 0 Å². The lowest BCUT2D eigenvalue weighted by Crippen LogP contribution is -2.40. The summed E-state index contributed by atoms with van der Waals surface area (Å²) >= 11 is 0. The van der Waals surface area contributed by atoms with Crippen LogP contribution in [0.1, 0.15) is 54.6 Å². The van der Waals surface area contributed by atoms with Gasteiger partial charge in [0.25, 0.3) is 5.91 Å². The third kappa shape index (κ3) is 6.80. The number of carbonyl (C=O) groups is 2. The maximum atomic E-state index is 13.3. The topological polar surface area (TPSA) is 120 Å². The first kappa shape index (κ1) is 26.4. The number of para-hydroxylation sites is 1. The van der Waals surface area contributed by atoms with Gasteiger partial charge in [-0.15, -0.1) is 0 Å². The van der Waals surface area contributed by atoms with Crippen molar-refractivity contribution in [3.05, 3.63) is 84.4 Å². The highest BCUT2D eigenvalue weighted by atomic mass is 16.2. The van der Waals surface area contributed by atoms with Gasteiger partial charge >= 0.3 is 0 Å². The molecule has 1 fully saturated rings. The molecule has 0 bridgehead atoms. The third-order valence-electron chi connectivity index (χ3n) is 7.15. The average Bonchev–Trinajstić information content (AvgIpc) is 3.56. The quantitative estimate of drug-likeness (QED) is 0.302. The summed E-state index contributed by atoms with van der Waals surface area (Å²) in [5, 5.41) is 10.4. The van der Waals surface area contributed by atoms with Gasteiger partial charge in [0.15, 0.2) is 0 Å². The van der Waals surface area contributed by atoms with E-state index in [4.69, 9.17) is 10.7 Å². The van der Waals surface area contributed by atoms with Crippen molar-refractivity contribution in [1.29, 1.82) is 0 Å². The molecule has 4 aromatic rings. The fraction of sp³-hybridized carbons (Fsp3) is 0.333. The van der Waals surface area contributed by atoms with Crippen LogP contribution in [-0.2, 0) is 18.3 Å². The molecule has 0 saturated heterocycles. The number of aryl methyl sites for hydroxylation is 2. The van der Waals surface area contributed by atoms with Crippen molar-refractivity contribution in [3.63, 3.8) is 0 Å². The largest absolute Gasteiger partial charge is 0.353 e. The zero-order chi connectivity index (χ0) is 27.2. The smallest absolute Gasteiger partial charge is 0.258 e. The van der Waals surface area contributed by atoms with Crippen molar-refractivity contribution < 1.29 is 9.59 Å². The number of imidazole rings is 1. The summed E-state index contributed by atoms with van der Waals surface area (Å²) in [6.07, 6.45) is 11.2. The first-order chi connectivity index (χ1) is 18.9. The molecule has 0 radical (unpaired) electrons. The predicted molar refractivity (Wildman–Crippen MR) is 151 cm³/mol. The predicted octanol–water partition coefficient (Wildman–Crippen LogP) is 4.23. The molecule has 2 aromatic carbocycles. The van der Waals surface area contributed by atoms with Crippen molar-refractivity contribution in [2.24, 2.45) is 12.8 Å². The van der Waals surface area contributed by atoms with Gasteiger partial charge in [-0.3, -0.25) is 24.2 Å². The van der Waals surface area contributed by atoms with Gasteiger partial charge in [0.05, 0.1) is 11.9 Å². The van der Waals surface area contributed by atoms with Crippen molar-refractivity contribution in [2.75, 3.05) is 5.32 Å². The van der Waals surface area contributed by atoms with Crippen molar-refractivity contribution in [2.45, 2.75) is 57.0 Å². The number of nitrogens with two attached hydrogens (primary N) is 1. The first-order valence-electron chi connectivity index (χ1n) is 13.5. The zero-order valence-electron chi connectivity index (χ0n) is 22.2. The Hall–Kier alpha value is -4.24. The molecule has 2 heterocycles. The Balaban J connectivity index is 1.26. The van der Waals surface area contributed by atoms with Gasteiger partial charge in [-0.05, 0) is 68.4 Å². The van der Waals surface area contributed by atoms with E-state index in [2.05, 4.69) is 15.7 Å². The van der Waals surface area contributed by atoms with Gasteiger partial charge in [-0.1, -0.05) is 30.3 Å². The van der Waals surface area contributed by atoms with Crippen LogP contribution < -0.4 is 16.4 Å². The summed E-state index contributed by atoms with van der Waals surface area (Å²) in [5.41, 5.74) is 10.1. The molecule has 39 heavy (non-hydrogen) atoms. The Kier molecular flexibility index (Phi) is 8.17. The van der Waals surface area contributed by atoms with Crippen molar-refractivity contribution in [3.8, 4) is 16.8 Å². The number of aromatic nitrogens is 4. The molecule has 1 saturated carbocycles. The van der Waals surface area contributed by atoms with Crippen LogP contribution >= 0.6 is 0 Å². The van der Waals surface area contributed by atoms with E-state index in [0.717, 1.165) is 48.2 Å². The maximum absolute atomic E-state index is 13.3. The fourth-order valence-corrected chi connectivity index (χ4v) is 5.00. The Morgan fingerprint density at radius 3 is 2.54 bits per heavy atom. The zero-order valence-corrected chi connectivity index (χ0v) is 22.2. The molecule has 1 aliphatic rings. The lowest BCUT2D eigenvalue weighted by molar-refractivity contribution is -0.122. The van der Waals surface area contributed by atoms with Crippen LogP contribution in [0, 0.1) is 0 Å². The second kappa shape index (κ2) is 12.1. The number of hydrogen-bond acceptors (Lipinski definition) is 5. The summed E-state index contributed by atoms with van der Waals surface area (Å²) in [6.45, 7) is 0. The minimum Gasteiger partial charge on any atom is -0.353 e. The van der Waals surface area contributed by atoms with Gasteiger partial charge in [0.1, 0.15) is 0 Å². The third-order valence-corrected chi connectivity index (χ3v) is 7.15. The van der Waals surface area contributed by atoms with Crippen molar-refractivity contribution in [1.82, 2.24) is 24.6 Å². The molecule has 0 aliphatic heterocycles. The Labute approximate surface area is 228 Å². The highest BCUT2D eigenvalue weighted by Crippen LogP contribution is 2.22. The minimum atomic E-state index is -0.248. The van der Waals surface area contributed by atoms with Gasteiger partial charge < -0.3 is 11.1 Å². The lowest BCUT2D eigenvalue weighted by Gasteiger charge is -2.26.